The van der Waals surface area contributed by atoms with Crippen LogP contribution in [0, 0.1) is 6.92 Å². The maximum Gasteiger partial charge on any atom is 0.264 e. The van der Waals surface area contributed by atoms with Crippen molar-refractivity contribution in [2.45, 2.75) is 45.1 Å². The second-order valence-electron chi connectivity index (χ2n) is 5.70. The molecule has 0 aromatic heterocycles. The van der Waals surface area contributed by atoms with E-state index < -0.39 is 0 Å². The first-order valence-corrected chi connectivity index (χ1v) is 8.38. The van der Waals surface area contributed by atoms with Crippen LogP contribution in [0.15, 0.2) is 34.2 Å². The van der Waals surface area contributed by atoms with Gasteiger partial charge in [0.2, 0.25) is 0 Å². The number of benzene rings is 1. The smallest absolute Gasteiger partial charge is 0.264 e. The van der Waals surface area contributed by atoms with Gasteiger partial charge in [0.05, 0.1) is 10.9 Å². The fourth-order valence-electron chi connectivity index (χ4n) is 2.78. The van der Waals surface area contributed by atoms with Gasteiger partial charge >= 0.3 is 0 Å². The third-order valence-electron chi connectivity index (χ3n) is 3.87. The Balaban J connectivity index is 1.73. The molecule has 1 aliphatic carbocycles. The van der Waals surface area contributed by atoms with Crippen molar-refractivity contribution in [2.75, 3.05) is 0 Å². The Labute approximate surface area is 129 Å². The lowest BCUT2D eigenvalue weighted by Crippen LogP contribution is -2.22. The van der Waals surface area contributed by atoms with Crippen molar-refractivity contribution in [3.05, 3.63) is 40.3 Å². The molecular weight excluding hydrogens is 280 g/mol. The Hall–Kier alpha value is -1.55. The maximum absolute atomic E-state index is 12.0. The van der Waals surface area contributed by atoms with Crippen LogP contribution in [0.1, 0.15) is 43.2 Å². The highest BCUT2D eigenvalue weighted by molar-refractivity contribution is 8.18. The summed E-state index contributed by atoms with van der Waals surface area (Å²) in [6.07, 6.45) is 8.07. The molecule has 0 atom stereocenters. The van der Waals surface area contributed by atoms with Gasteiger partial charge in [-0.3, -0.25) is 9.79 Å². The molecule has 1 saturated carbocycles. The molecule has 1 aromatic carbocycles. The molecular formula is C17H20N2OS. The van der Waals surface area contributed by atoms with Gasteiger partial charge in [0.25, 0.3) is 5.91 Å². The molecule has 4 heteroatoms. The highest BCUT2D eigenvalue weighted by Gasteiger charge is 2.25. The number of aliphatic imine (C=N–C) groups is 1. The van der Waals surface area contributed by atoms with Crippen molar-refractivity contribution >= 4 is 28.9 Å². The first-order chi connectivity index (χ1) is 10.2. The van der Waals surface area contributed by atoms with Gasteiger partial charge in [-0.15, -0.1) is 0 Å². The van der Waals surface area contributed by atoms with Crippen LogP contribution in [0.3, 0.4) is 0 Å². The number of nitrogens with zero attached hydrogens (tertiary/aromatic N) is 1. The lowest BCUT2D eigenvalue weighted by Gasteiger charge is -2.17. The van der Waals surface area contributed by atoms with E-state index in [0.717, 1.165) is 28.5 Å². The highest BCUT2D eigenvalue weighted by atomic mass is 32.2. The van der Waals surface area contributed by atoms with E-state index in [1.165, 1.54) is 36.6 Å². The number of aryl methyl sites for hydroxylation is 1. The summed E-state index contributed by atoms with van der Waals surface area (Å²) in [5.74, 6) is -0.0314. The van der Waals surface area contributed by atoms with Crippen LogP contribution in [-0.4, -0.2) is 17.1 Å². The molecule has 3 rings (SSSR count). The van der Waals surface area contributed by atoms with Crippen LogP contribution >= 0.6 is 11.8 Å². The van der Waals surface area contributed by atoms with Crippen molar-refractivity contribution < 1.29 is 4.79 Å². The van der Waals surface area contributed by atoms with Gasteiger partial charge in [0.15, 0.2) is 5.17 Å². The molecule has 1 N–H and O–H groups in total. The second-order valence-corrected chi connectivity index (χ2v) is 6.74. The molecule has 3 nitrogen and oxygen atoms in total. The summed E-state index contributed by atoms with van der Waals surface area (Å²) in [4.78, 5) is 17.5. The molecule has 1 aliphatic heterocycles. The van der Waals surface area contributed by atoms with E-state index >= 15 is 0 Å². The number of hydrogen-bond donors (Lipinski definition) is 1. The van der Waals surface area contributed by atoms with Crippen LogP contribution in [-0.2, 0) is 4.79 Å². The number of nitrogens with one attached hydrogen (secondary N) is 1. The van der Waals surface area contributed by atoms with Crippen LogP contribution in [0.2, 0.25) is 0 Å². The van der Waals surface area contributed by atoms with E-state index in [-0.39, 0.29) is 5.91 Å². The zero-order valence-electron chi connectivity index (χ0n) is 12.3. The van der Waals surface area contributed by atoms with Gasteiger partial charge in [0, 0.05) is 0 Å². The second kappa shape index (κ2) is 6.48. The van der Waals surface area contributed by atoms with E-state index in [1.54, 1.807) is 0 Å². The summed E-state index contributed by atoms with van der Waals surface area (Å²) in [5.41, 5.74) is 2.26. The summed E-state index contributed by atoms with van der Waals surface area (Å²) >= 11 is 1.46. The number of amides is 1. The predicted molar refractivity (Wildman–Crippen MR) is 89.2 cm³/mol. The third-order valence-corrected chi connectivity index (χ3v) is 4.79. The normalized spacial score (nSPS) is 23.8. The Bertz CT molecular complexity index is 601. The quantitative estimate of drug-likeness (QED) is 0.842. The van der Waals surface area contributed by atoms with E-state index in [2.05, 4.69) is 24.4 Å². The molecule has 0 radical (unpaired) electrons. The largest absolute Gasteiger partial charge is 0.301 e. The monoisotopic (exact) mass is 300 g/mol. The first kappa shape index (κ1) is 14.4. The number of carbonyl (C=O) groups is 1. The Morgan fingerprint density at radius 2 is 2.10 bits per heavy atom. The maximum atomic E-state index is 12.0. The standard InChI is InChI=1S/C17H20N2OS/c1-12-6-5-7-13(10-12)11-15-16(20)19-17(21-15)18-14-8-3-2-4-9-14/h5-7,10-11,14H,2-4,8-9H2,1H3,(H,18,19,20)/b15-11-. The molecule has 0 unspecified atom stereocenters. The molecule has 1 amide bonds. The number of rotatable bonds is 2. The van der Waals surface area contributed by atoms with Crippen LogP contribution in [0.5, 0.6) is 0 Å². The summed E-state index contributed by atoms with van der Waals surface area (Å²) in [6, 6.07) is 8.55. The van der Waals surface area contributed by atoms with Gasteiger partial charge in [0.1, 0.15) is 0 Å². The summed E-state index contributed by atoms with van der Waals surface area (Å²) in [6.45, 7) is 2.06. The number of thioether (sulfide) groups is 1. The molecule has 1 saturated heterocycles. The molecule has 0 spiro atoms. The van der Waals surface area contributed by atoms with E-state index in [0.29, 0.717) is 6.04 Å². The van der Waals surface area contributed by atoms with Crippen molar-refractivity contribution in [1.82, 2.24) is 5.32 Å². The van der Waals surface area contributed by atoms with Gasteiger partial charge in [-0.1, -0.05) is 49.1 Å². The van der Waals surface area contributed by atoms with Gasteiger partial charge in [-0.25, -0.2) is 0 Å². The van der Waals surface area contributed by atoms with Gasteiger partial charge in [-0.05, 0) is 43.2 Å². The SMILES string of the molecule is Cc1cccc(/C=C2\SC(=NC3CCCCC3)NC2=O)c1. The predicted octanol–water partition coefficient (Wildman–Crippen LogP) is 3.89. The molecule has 0 bridgehead atoms. The molecule has 2 aliphatic rings. The lowest BCUT2D eigenvalue weighted by atomic mass is 9.96. The number of amidine groups is 1. The summed E-state index contributed by atoms with van der Waals surface area (Å²) in [7, 11) is 0. The zero-order chi connectivity index (χ0) is 14.7. The van der Waals surface area contributed by atoms with Crippen molar-refractivity contribution in [2.24, 2.45) is 4.99 Å². The molecule has 1 aromatic rings. The third kappa shape index (κ3) is 3.76. The topological polar surface area (TPSA) is 41.5 Å². The fourth-order valence-corrected chi connectivity index (χ4v) is 3.67. The van der Waals surface area contributed by atoms with Gasteiger partial charge < -0.3 is 5.32 Å². The average Bonchev–Trinajstić information content (AvgIpc) is 2.80. The highest BCUT2D eigenvalue weighted by Crippen LogP contribution is 2.28. The molecule has 2 fully saturated rings. The molecule has 110 valence electrons. The minimum absolute atomic E-state index is 0.0314. The molecule has 21 heavy (non-hydrogen) atoms. The van der Waals surface area contributed by atoms with Crippen molar-refractivity contribution in [1.29, 1.82) is 0 Å². The summed E-state index contributed by atoms with van der Waals surface area (Å²) < 4.78 is 0. The van der Waals surface area contributed by atoms with Crippen molar-refractivity contribution in [3.63, 3.8) is 0 Å². The Morgan fingerprint density at radius 3 is 2.86 bits per heavy atom. The minimum atomic E-state index is -0.0314. The number of carbonyl (C=O) groups excluding carboxylic acids is 1. The first-order valence-electron chi connectivity index (χ1n) is 7.56. The van der Waals surface area contributed by atoms with Crippen LogP contribution < -0.4 is 5.32 Å². The molecule has 1 heterocycles. The fraction of sp³-hybridized carbons (Fsp3) is 0.412. The lowest BCUT2D eigenvalue weighted by molar-refractivity contribution is -0.115. The van der Waals surface area contributed by atoms with Crippen LogP contribution in [0.25, 0.3) is 6.08 Å². The number of hydrogen-bond acceptors (Lipinski definition) is 3. The average molecular weight is 300 g/mol. The zero-order valence-corrected chi connectivity index (χ0v) is 13.1. The van der Waals surface area contributed by atoms with E-state index in [4.69, 9.17) is 4.99 Å². The van der Waals surface area contributed by atoms with E-state index in [9.17, 15) is 4.79 Å². The van der Waals surface area contributed by atoms with E-state index in [1.807, 2.05) is 18.2 Å². The van der Waals surface area contributed by atoms with Crippen LogP contribution in [0.4, 0.5) is 0 Å². The van der Waals surface area contributed by atoms with Crippen molar-refractivity contribution in [3.8, 4) is 0 Å². The Kier molecular flexibility index (Phi) is 4.44. The minimum Gasteiger partial charge on any atom is -0.301 e. The summed E-state index contributed by atoms with van der Waals surface area (Å²) in [5, 5.41) is 3.66. The van der Waals surface area contributed by atoms with Gasteiger partial charge in [-0.2, -0.15) is 0 Å². The Morgan fingerprint density at radius 1 is 1.29 bits per heavy atom.